The van der Waals surface area contributed by atoms with E-state index < -0.39 is 26.0 Å². The van der Waals surface area contributed by atoms with E-state index in [4.69, 9.17) is 18.7 Å². The van der Waals surface area contributed by atoms with Gasteiger partial charge in [0, 0.05) is 12.8 Å². The molecule has 0 bridgehead atoms. The van der Waals surface area contributed by atoms with Crippen LogP contribution in [-0.2, 0) is 30.1 Å². The first-order valence-electron chi connectivity index (χ1n) is 11.5. The zero-order valence-corrected chi connectivity index (χ0v) is 21.6. The number of nitrogens with zero attached hydrogens (tertiary/aromatic N) is 2. The van der Waals surface area contributed by atoms with Crippen LogP contribution >= 0.6 is 0 Å². The lowest BCUT2D eigenvalue weighted by atomic mass is 9.94. The summed E-state index contributed by atoms with van der Waals surface area (Å²) in [4.78, 5) is 32.6. The molecule has 2 unspecified atom stereocenters. The molecule has 1 spiro atoms. The maximum absolute atomic E-state index is 13.1. The molecule has 1 aromatic rings. The van der Waals surface area contributed by atoms with Gasteiger partial charge in [0.05, 0.1) is 25.8 Å². The topological polar surface area (TPSA) is 86.7 Å². The van der Waals surface area contributed by atoms with E-state index in [1.807, 2.05) is 30.3 Å². The molecule has 33 heavy (non-hydrogen) atoms. The highest BCUT2D eigenvalue weighted by molar-refractivity contribution is 6.74. The molecule has 0 aromatic heterocycles. The number of carbonyl (C=O) groups is 2. The summed E-state index contributed by atoms with van der Waals surface area (Å²) in [5.41, 5.74) is 0.397. The number of hydrogen-bond donors (Lipinski definition) is 0. The monoisotopic (exact) mass is 476 g/mol. The summed E-state index contributed by atoms with van der Waals surface area (Å²) in [5.74, 6) is -0.478. The molecule has 1 amide bonds. The zero-order valence-electron chi connectivity index (χ0n) is 20.6. The van der Waals surface area contributed by atoms with Crippen molar-refractivity contribution >= 4 is 26.1 Å². The van der Waals surface area contributed by atoms with Crippen LogP contribution in [0.1, 0.15) is 46.1 Å². The average molecular weight is 477 g/mol. The molecule has 3 rings (SSSR count). The molecule has 1 fully saturated rings. The first kappa shape index (κ1) is 25.2. The fourth-order valence-corrected chi connectivity index (χ4v) is 4.81. The first-order valence-corrected chi connectivity index (χ1v) is 14.4. The molecular formula is C24H36N2O6Si. The maximum atomic E-state index is 13.1. The van der Waals surface area contributed by atoms with Crippen LogP contribution in [0.4, 0.5) is 4.79 Å². The lowest BCUT2D eigenvalue weighted by Crippen LogP contribution is -2.46. The van der Waals surface area contributed by atoms with E-state index in [0.717, 1.165) is 5.56 Å². The van der Waals surface area contributed by atoms with Gasteiger partial charge in [0.15, 0.2) is 19.6 Å². The van der Waals surface area contributed by atoms with Gasteiger partial charge in [-0.25, -0.2) is 9.59 Å². The number of ether oxygens (including phenoxy) is 2. The Morgan fingerprint density at radius 1 is 1.21 bits per heavy atom. The van der Waals surface area contributed by atoms with Gasteiger partial charge in [-0.1, -0.05) is 56.3 Å². The summed E-state index contributed by atoms with van der Waals surface area (Å²) in [6.45, 7) is 13.8. The number of benzene rings is 1. The van der Waals surface area contributed by atoms with Gasteiger partial charge in [-0.3, -0.25) is 4.90 Å². The van der Waals surface area contributed by atoms with Crippen LogP contribution < -0.4 is 0 Å². The van der Waals surface area contributed by atoms with Crippen LogP contribution in [0.15, 0.2) is 35.5 Å². The summed E-state index contributed by atoms with van der Waals surface area (Å²) >= 11 is 0. The van der Waals surface area contributed by atoms with Crippen molar-refractivity contribution in [2.24, 2.45) is 5.16 Å². The van der Waals surface area contributed by atoms with Crippen molar-refractivity contribution in [3.8, 4) is 0 Å². The number of oxime groups is 1. The lowest BCUT2D eigenvalue weighted by molar-refractivity contribution is -0.135. The Morgan fingerprint density at radius 2 is 1.91 bits per heavy atom. The summed E-state index contributed by atoms with van der Waals surface area (Å²) in [6, 6.07) is 9.32. The number of carbonyl (C=O) groups excluding carboxylic acids is 2. The van der Waals surface area contributed by atoms with E-state index in [-0.39, 0.29) is 36.6 Å². The van der Waals surface area contributed by atoms with Gasteiger partial charge in [0.25, 0.3) is 0 Å². The maximum Gasteiger partial charge on any atom is 0.410 e. The highest BCUT2D eigenvalue weighted by Gasteiger charge is 2.53. The largest absolute Gasteiger partial charge is 0.461 e. The third-order valence-corrected chi connectivity index (χ3v) is 11.2. The Balaban J connectivity index is 1.71. The van der Waals surface area contributed by atoms with Crippen molar-refractivity contribution in [2.45, 2.75) is 76.9 Å². The Bertz CT molecular complexity index is 883. The molecule has 2 atom stereocenters. The highest BCUT2D eigenvalue weighted by atomic mass is 28.4. The predicted molar refractivity (Wildman–Crippen MR) is 127 cm³/mol. The second-order valence-corrected chi connectivity index (χ2v) is 15.1. The van der Waals surface area contributed by atoms with E-state index in [0.29, 0.717) is 19.4 Å². The van der Waals surface area contributed by atoms with Gasteiger partial charge in [-0.05, 0) is 30.6 Å². The van der Waals surface area contributed by atoms with Gasteiger partial charge in [-0.2, -0.15) is 0 Å². The molecule has 0 N–H and O–H groups in total. The van der Waals surface area contributed by atoms with Crippen molar-refractivity contribution in [1.82, 2.24) is 4.90 Å². The van der Waals surface area contributed by atoms with E-state index in [2.05, 4.69) is 39.0 Å². The van der Waals surface area contributed by atoms with Crippen LogP contribution in [0.25, 0.3) is 0 Å². The van der Waals surface area contributed by atoms with Crippen LogP contribution in [-0.4, -0.2) is 62.4 Å². The molecule has 9 heteroatoms. The van der Waals surface area contributed by atoms with Crippen molar-refractivity contribution in [3.05, 3.63) is 35.9 Å². The smallest absolute Gasteiger partial charge is 0.410 e. The molecule has 1 aromatic carbocycles. The van der Waals surface area contributed by atoms with E-state index in [9.17, 15) is 9.59 Å². The predicted octanol–water partition coefficient (Wildman–Crippen LogP) is 4.50. The zero-order chi connectivity index (χ0) is 24.3. The van der Waals surface area contributed by atoms with Crippen molar-refractivity contribution in [3.63, 3.8) is 0 Å². The molecular weight excluding hydrogens is 440 g/mol. The minimum Gasteiger partial charge on any atom is -0.461 e. The van der Waals surface area contributed by atoms with E-state index in [1.54, 1.807) is 11.8 Å². The van der Waals surface area contributed by atoms with Gasteiger partial charge in [0.2, 0.25) is 0 Å². The Labute approximate surface area is 197 Å². The summed E-state index contributed by atoms with van der Waals surface area (Å²) in [5, 5.41) is 4.04. The first-order chi connectivity index (χ1) is 15.5. The number of esters is 1. The minimum absolute atomic E-state index is 0.0476. The molecule has 0 radical (unpaired) electrons. The molecule has 8 nitrogen and oxygen atoms in total. The minimum atomic E-state index is -2.02. The van der Waals surface area contributed by atoms with E-state index >= 15 is 0 Å². The van der Waals surface area contributed by atoms with Crippen molar-refractivity contribution < 1.29 is 28.3 Å². The molecule has 0 saturated carbocycles. The number of rotatable bonds is 7. The molecule has 2 aliphatic rings. The standard InChI is InChI=1S/C24H36N2O6Si/c1-7-29-21(27)20-14-24(32-25-20)13-19(16-31-33(5,6)23(2,3)4)26(17-24)22(28)30-15-18-11-9-8-10-12-18/h8-12,19H,7,13-17H2,1-6H3. The van der Waals surface area contributed by atoms with Gasteiger partial charge >= 0.3 is 12.1 Å². The lowest BCUT2D eigenvalue weighted by Gasteiger charge is -2.37. The number of hydrogen-bond acceptors (Lipinski definition) is 7. The summed E-state index contributed by atoms with van der Waals surface area (Å²) in [7, 11) is -2.02. The van der Waals surface area contributed by atoms with E-state index in [1.165, 1.54) is 0 Å². The van der Waals surface area contributed by atoms with Crippen LogP contribution in [0.3, 0.4) is 0 Å². The third-order valence-electron chi connectivity index (χ3n) is 6.74. The number of likely N-dealkylation sites (tertiary alicyclic amines) is 1. The van der Waals surface area contributed by atoms with Gasteiger partial charge in [0.1, 0.15) is 6.61 Å². The van der Waals surface area contributed by atoms with Crippen molar-refractivity contribution in [2.75, 3.05) is 19.8 Å². The fourth-order valence-electron chi connectivity index (χ4n) is 3.77. The van der Waals surface area contributed by atoms with Crippen LogP contribution in [0.2, 0.25) is 18.1 Å². The van der Waals surface area contributed by atoms with Gasteiger partial charge in [-0.15, -0.1) is 0 Å². The fraction of sp³-hybridized carbons (Fsp3) is 0.625. The quantitative estimate of drug-likeness (QED) is 0.425. The second-order valence-electron chi connectivity index (χ2n) is 10.3. The Morgan fingerprint density at radius 3 is 2.55 bits per heavy atom. The second kappa shape index (κ2) is 9.85. The van der Waals surface area contributed by atoms with Crippen molar-refractivity contribution in [1.29, 1.82) is 0 Å². The van der Waals surface area contributed by atoms with Crippen LogP contribution in [0.5, 0.6) is 0 Å². The molecule has 2 aliphatic heterocycles. The highest BCUT2D eigenvalue weighted by Crippen LogP contribution is 2.40. The number of amides is 1. The Kier molecular flexibility index (Phi) is 7.53. The normalized spacial score (nSPS) is 22.8. The summed E-state index contributed by atoms with van der Waals surface area (Å²) in [6.07, 6.45) is 0.382. The average Bonchev–Trinajstić information content (AvgIpc) is 3.34. The Hall–Kier alpha value is -2.39. The molecule has 0 aliphatic carbocycles. The third kappa shape index (κ3) is 5.95. The molecule has 2 heterocycles. The summed E-state index contributed by atoms with van der Waals surface area (Å²) < 4.78 is 17.1. The van der Waals surface area contributed by atoms with Crippen LogP contribution in [0, 0.1) is 0 Å². The van der Waals surface area contributed by atoms with Gasteiger partial charge < -0.3 is 18.7 Å². The SMILES string of the molecule is CCOC(=O)C1=NOC2(C1)CC(CO[Si](C)(C)C(C)(C)C)N(C(=O)OCc1ccccc1)C2. The molecule has 182 valence electrons. The molecule has 1 saturated heterocycles.